The van der Waals surface area contributed by atoms with Crippen molar-refractivity contribution in [1.82, 2.24) is 24.8 Å². The third-order valence-electron chi connectivity index (χ3n) is 4.10. The van der Waals surface area contributed by atoms with Crippen LogP contribution in [-0.2, 0) is 0 Å². The van der Waals surface area contributed by atoms with Crippen LogP contribution in [0.5, 0.6) is 0 Å². The Labute approximate surface area is 130 Å². The number of carbonyl (C=O) groups excluding carboxylic acids is 1. The summed E-state index contributed by atoms with van der Waals surface area (Å²) in [6, 6.07) is 1.53. The van der Waals surface area contributed by atoms with Gasteiger partial charge < -0.3 is 5.32 Å². The molecule has 1 N–H and O–H groups in total. The van der Waals surface area contributed by atoms with Gasteiger partial charge in [-0.05, 0) is 32.0 Å². The molecule has 1 amide bonds. The van der Waals surface area contributed by atoms with E-state index < -0.39 is 12.2 Å². The van der Waals surface area contributed by atoms with Gasteiger partial charge in [-0.2, -0.15) is 13.2 Å². The van der Waals surface area contributed by atoms with E-state index in [4.69, 9.17) is 0 Å². The molecule has 1 fully saturated rings. The quantitative estimate of drug-likeness (QED) is 0.908. The van der Waals surface area contributed by atoms with Crippen LogP contribution in [0.2, 0.25) is 0 Å². The van der Waals surface area contributed by atoms with Gasteiger partial charge >= 0.3 is 6.18 Å². The Bertz CT molecular complexity index is 714. The number of hydrogen-bond acceptors (Lipinski definition) is 4. The molecule has 2 aromatic heterocycles. The molecule has 0 radical (unpaired) electrons. The number of likely N-dealkylation sites (tertiary alicyclic amines) is 1. The van der Waals surface area contributed by atoms with E-state index in [-0.39, 0.29) is 24.9 Å². The molecule has 3 heterocycles. The van der Waals surface area contributed by atoms with Gasteiger partial charge in [0.25, 0.3) is 5.91 Å². The molecule has 23 heavy (non-hydrogen) atoms. The highest BCUT2D eigenvalue weighted by molar-refractivity contribution is 5.94. The highest BCUT2D eigenvalue weighted by atomic mass is 19.4. The normalized spacial score (nSPS) is 23.1. The average Bonchev–Trinajstić information content (AvgIpc) is 2.93. The molecule has 1 aliphatic rings. The van der Waals surface area contributed by atoms with Gasteiger partial charge in [0.05, 0.1) is 5.56 Å². The van der Waals surface area contributed by atoms with Crippen molar-refractivity contribution in [2.75, 3.05) is 13.6 Å². The van der Waals surface area contributed by atoms with Gasteiger partial charge in [0, 0.05) is 18.8 Å². The van der Waals surface area contributed by atoms with Gasteiger partial charge in [-0.25, -0.2) is 0 Å². The van der Waals surface area contributed by atoms with Crippen molar-refractivity contribution in [3.63, 3.8) is 0 Å². The average molecular weight is 327 g/mol. The van der Waals surface area contributed by atoms with Crippen molar-refractivity contribution >= 4 is 11.6 Å². The second-order valence-electron chi connectivity index (χ2n) is 5.76. The number of nitrogens with zero attached hydrogens (tertiary/aromatic N) is 4. The monoisotopic (exact) mass is 327 g/mol. The Morgan fingerprint density at radius 2 is 2.13 bits per heavy atom. The number of carbonyl (C=O) groups is 1. The molecule has 0 aliphatic carbocycles. The molecule has 1 saturated heterocycles. The second kappa shape index (κ2) is 5.80. The molecule has 9 heteroatoms. The summed E-state index contributed by atoms with van der Waals surface area (Å²) in [6.45, 7) is 0.171. The summed E-state index contributed by atoms with van der Waals surface area (Å²) < 4.78 is 40.1. The van der Waals surface area contributed by atoms with Crippen LogP contribution in [0.3, 0.4) is 0 Å². The van der Waals surface area contributed by atoms with E-state index in [0.717, 1.165) is 0 Å². The number of halogens is 3. The van der Waals surface area contributed by atoms with Crippen LogP contribution in [0.4, 0.5) is 13.2 Å². The molecule has 0 saturated carbocycles. The maximum absolute atomic E-state index is 12.8. The number of amides is 1. The SMILES string of the molecule is CN1C[C@@H](NC(=O)c2ccc3nncn3c2)CC[C@H]1C(F)(F)F. The topological polar surface area (TPSA) is 62.5 Å². The lowest BCUT2D eigenvalue weighted by molar-refractivity contribution is -0.188. The van der Waals surface area contributed by atoms with Crippen LogP contribution in [0.25, 0.3) is 5.65 Å². The summed E-state index contributed by atoms with van der Waals surface area (Å²) >= 11 is 0. The molecule has 124 valence electrons. The van der Waals surface area contributed by atoms with Crippen LogP contribution in [-0.4, -0.2) is 57.3 Å². The van der Waals surface area contributed by atoms with Crippen molar-refractivity contribution in [3.05, 3.63) is 30.2 Å². The van der Waals surface area contributed by atoms with Crippen LogP contribution >= 0.6 is 0 Å². The Morgan fingerprint density at radius 1 is 1.35 bits per heavy atom. The third kappa shape index (κ3) is 3.29. The first-order valence-electron chi connectivity index (χ1n) is 7.22. The minimum atomic E-state index is -4.23. The van der Waals surface area contributed by atoms with Crippen LogP contribution in [0, 0.1) is 0 Å². The van der Waals surface area contributed by atoms with Crippen LogP contribution in [0.15, 0.2) is 24.7 Å². The van der Waals surface area contributed by atoms with Gasteiger partial charge in [-0.15, -0.1) is 10.2 Å². The fourth-order valence-electron chi connectivity index (χ4n) is 2.91. The first-order valence-corrected chi connectivity index (χ1v) is 7.22. The number of hydrogen-bond donors (Lipinski definition) is 1. The molecule has 0 aromatic carbocycles. The highest BCUT2D eigenvalue weighted by Crippen LogP contribution is 2.30. The number of piperidine rings is 1. The van der Waals surface area contributed by atoms with Gasteiger partial charge in [-0.1, -0.05) is 0 Å². The van der Waals surface area contributed by atoms with Crippen molar-refractivity contribution in [2.45, 2.75) is 31.1 Å². The molecule has 0 spiro atoms. The minimum absolute atomic E-state index is 0.0184. The predicted molar refractivity (Wildman–Crippen MR) is 75.9 cm³/mol. The van der Waals surface area contributed by atoms with Crippen LogP contribution in [0.1, 0.15) is 23.2 Å². The largest absolute Gasteiger partial charge is 0.404 e. The summed E-state index contributed by atoms with van der Waals surface area (Å²) in [5.74, 6) is -0.315. The number of nitrogens with one attached hydrogen (secondary N) is 1. The standard InChI is InChI=1S/C14H16F3N5O/c1-21-7-10(3-4-11(21)14(15,16)17)19-13(23)9-2-5-12-20-18-8-22(12)6-9/h2,5-6,8,10-11H,3-4,7H2,1H3,(H,19,23)/t10-,11-/m0/s1. The molecular weight excluding hydrogens is 311 g/mol. The zero-order valence-electron chi connectivity index (χ0n) is 12.4. The minimum Gasteiger partial charge on any atom is -0.348 e. The number of pyridine rings is 1. The smallest absolute Gasteiger partial charge is 0.348 e. The van der Waals surface area contributed by atoms with Crippen LogP contribution < -0.4 is 5.32 Å². The summed E-state index contributed by atoms with van der Waals surface area (Å²) in [5, 5.41) is 10.4. The lowest BCUT2D eigenvalue weighted by Gasteiger charge is -2.38. The third-order valence-corrected chi connectivity index (χ3v) is 4.10. The first kappa shape index (κ1) is 15.7. The first-order chi connectivity index (χ1) is 10.8. The number of aromatic nitrogens is 3. The van der Waals surface area contributed by atoms with E-state index in [0.29, 0.717) is 17.6 Å². The number of rotatable bonds is 2. The van der Waals surface area contributed by atoms with Crippen molar-refractivity contribution in [3.8, 4) is 0 Å². The molecular formula is C14H16F3N5O. The second-order valence-corrected chi connectivity index (χ2v) is 5.76. The highest BCUT2D eigenvalue weighted by Gasteiger charge is 2.44. The fraction of sp³-hybridized carbons (Fsp3) is 0.500. The van der Waals surface area contributed by atoms with Gasteiger partial charge in [0.2, 0.25) is 0 Å². The summed E-state index contributed by atoms with van der Waals surface area (Å²) in [5.41, 5.74) is 1.03. The van der Waals surface area contributed by atoms with E-state index in [1.807, 2.05) is 0 Å². The Hall–Kier alpha value is -2.16. The molecule has 2 atom stereocenters. The maximum Gasteiger partial charge on any atom is 0.404 e. The molecule has 2 aromatic rings. The fourth-order valence-corrected chi connectivity index (χ4v) is 2.91. The zero-order valence-corrected chi connectivity index (χ0v) is 12.4. The van der Waals surface area contributed by atoms with Crippen molar-refractivity contribution in [1.29, 1.82) is 0 Å². The Balaban J connectivity index is 1.64. The van der Waals surface area contributed by atoms with Gasteiger partial charge in [-0.3, -0.25) is 14.1 Å². The predicted octanol–water partition coefficient (Wildman–Crippen LogP) is 1.48. The van der Waals surface area contributed by atoms with E-state index in [2.05, 4.69) is 15.5 Å². The zero-order chi connectivity index (χ0) is 16.6. The van der Waals surface area contributed by atoms with E-state index in [9.17, 15) is 18.0 Å². The molecule has 0 unspecified atom stereocenters. The number of alkyl halides is 3. The van der Waals surface area contributed by atoms with E-state index >= 15 is 0 Å². The van der Waals surface area contributed by atoms with Gasteiger partial charge in [0.1, 0.15) is 12.4 Å². The van der Waals surface area contributed by atoms with Crippen molar-refractivity contribution in [2.24, 2.45) is 0 Å². The lowest BCUT2D eigenvalue weighted by Crippen LogP contribution is -2.54. The van der Waals surface area contributed by atoms with Crippen molar-refractivity contribution < 1.29 is 18.0 Å². The molecule has 1 aliphatic heterocycles. The molecule has 0 bridgehead atoms. The number of likely N-dealkylation sites (N-methyl/N-ethyl adjacent to an activating group) is 1. The summed E-state index contributed by atoms with van der Waals surface area (Å²) in [6.07, 6.45) is -0.877. The lowest BCUT2D eigenvalue weighted by atomic mass is 9.98. The van der Waals surface area contributed by atoms with E-state index in [1.54, 1.807) is 22.7 Å². The summed E-state index contributed by atoms with van der Waals surface area (Å²) in [4.78, 5) is 13.5. The maximum atomic E-state index is 12.8. The Morgan fingerprint density at radius 3 is 2.83 bits per heavy atom. The number of fused-ring (bicyclic) bond motifs is 1. The van der Waals surface area contributed by atoms with E-state index in [1.165, 1.54) is 18.3 Å². The summed E-state index contributed by atoms with van der Waals surface area (Å²) in [7, 11) is 1.43. The molecule has 6 nitrogen and oxygen atoms in total. The van der Waals surface area contributed by atoms with Gasteiger partial charge in [0.15, 0.2) is 5.65 Å². The molecule has 3 rings (SSSR count). The Kier molecular flexibility index (Phi) is 3.97.